The van der Waals surface area contributed by atoms with Gasteiger partial charge in [0.2, 0.25) is 0 Å². The van der Waals surface area contributed by atoms with Gasteiger partial charge in [0.05, 0.1) is 6.04 Å². The van der Waals surface area contributed by atoms with Gasteiger partial charge in [-0.05, 0) is 31.9 Å². The van der Waals surface area contributed by atoms with E-state index in [-0.39, 0.29) is 6.04 Å². The molecule has 0 fully saturated rings. The van der Waals surface area contributed by atoms with E-state index in [4.69, 9.17) is 5.84 Å². The van der Waals surface area contributed by atoms with Gasteiger partial charge in [0, 0.05) is 12.4 Å². The first-order chi connectivity index (χ1) is 6.63. The molecule has 1 atom stereocenters. The molecule has 76 valence electrons. The molecule has 1 heterocycles. The maximum absolute atomic E-state index is 5.48. The van der Waals surface area contributed by atoms with Crippen LogP contribution in [-0.2, 0) is 0 Å². The maximum atomic E-state index is 5.48. The Labute approximate surface area is 85.0 Å². The van der Waals surface area contributed by atoms with Crippen LogP contribution in [0.5, 0.6) is 0 Å². The smallest absolute Gasteiger partial charge is 0.0658 e. The van der Waals surface area contributed by atoms with Gasteiger partial charge >= 0.3 is 0 Å². The van der Waals surface area contributed by atoms with E-state index in [0.29, 0.717) is 0 Å². The van der Waals surface area contributed by atoms with Gasteiger partial charge in [-0.15, -0.1) is 0 Å². The van der Waals surface area contributed by atoms with E-state index in [1.165, 1.54) is 5.57 Å². The van der Waals surface area contributed by atoms with Crippen LogP contribution in [0.3, 0.4) is 0 Å². The highest BCUT2D eigenvalue weighted by Crippen LogP contribution is 2.15. The third-order valence-electron chi connectivity index (χ3n) is 1.93. The Morgan fingerprint density at radius 1 is 1.50 bits per heavy atom. The number of nitrogens with one attached hydrogen (secondary N) is 1. The minimum Gasteiger partial charge on any atom is -0.271 e. The van der Waals surface area contributed by atoms with Crippen molar-refractivity contribution in [3.05, 3.63) is 41.2 Å². The molecule has 1 aromatic rings. The average Bonchev–Trinajstić information content (AvgIpc) is 2.14. The van der Waals surface area contributed by atoms with Gasteiger partial charge < -0.3 is 0 Å². The molecule has 0 spiro atoms. The van der Waals surface area contributed by atoms with Crippen LogP contribution in [-0.4, -0.2) is 4.98 Å². The van der Waals surface area contributed by atoms with Crippen molar-refractivity contribution in [2.24, 2.45) is 5.84 Å². The molecule has 0 aliphatic rings. The van der Waals surface area contributed by atoms with Crippen molar-refractivity contribution in [1.29, 1.82) is 0 Å². The van der Waals surface area contributed by atoms with E-state index in [1.807, 2.05) is 33.2 Å². The molecule has 0 radical (unpaired) electrons. The number of pyridine rings is 1. The highest BCUT2D eigenvalue weighted by Gasteiger charge is 2.05. The number of rotatable bonds is 3. The maximum Gasteiger partial charge on any atom is 0.0658 e. The van der Waals surface area contributed by atoms with Crippen molar-refractivity contribution < 1.29 is 0 Å². The number of hydrazine groups is 1. The lowest BCUT2D eigenvalue weighted by molar-refractivity contribution is 0.649. The summed E-state index contributed by atoms with van der Waals surface area (Å²) < 4.78 is 0. The lowest BCUT2D eigenvalue weighted by atomic mass is 10.1. The first kappa shape index (κ1) is 10.9. The molecule has 0 aromatic carbocycles. The zero-order valence-electron chi connectivity index (χ0n) is 8.91. The molecule has 0 bridgehead atoms. The van der Waals surface area contributed by atoms with Crippen molar-refractivity contribution in [3.63, 3.8) is 0 Å². The molecule has 0 aliphatic carbocycles. The van der Waals surface area contributed by atoms with Crippen LogP contribution in [0.2, 0.25) is 0 Å². The summed E-state index contributed by atoms with van der Waals surface area (Å²) >= 11 is 0. The summed E-state index contributed by atoms with van der Waals surface area (Å²) in [6.45, 7) is 6.12. The minimum atomic E-state index is 0.0485. The molecule has 3 heteroatoms. The molecular formula is C11H17N3. The largest absolute Gasteiger partial charge is 0.271 e. The van der Waals surface area contributed by atoms with Gasteiger partial charge in [0.25, 0.3) is 0 Å². The number of allylic oxidation sites excluding steroid dienone is 1. The van der Waals surface area contributed by atoms with Crippen molar-refractivity contribution in [1.82, 2.24) is 10.4 Å². The van der Waals surface area contributed by atoms with Crippen LogP contribution in [0.1, 0.15) is 31.0 Å². The summed E-state index contributed by atoms with van der Waals surface area (Å²) in [6, 6.07) is 2.13. The van der Waals surface area contributed by atoms with E-state index in [9.17, 15) is 0 Å². The van der Waals surface area contributed by atoms with Crippen LogP contribution < -0.4 is 11.3 Å². The molecular weight excluding hydrogens is 174 g/mol. The molecule has 3 nitrogen and oxygen atoms in total. The van der Waals surface area contributed by atoms with Gasteiger partial charge in [-0.2, -0.15) is 0 Å². The molecule has 1 rings (SSSR count). The van der Waals surface area contributed by atoms with Gasteiger partial charge in [-0.3, -0.25) is 10.8 Å². The summed E-state index contributed by atoms with van der Waals surface area (Å²) in [5.41, 5.74) is 6.23. The summed E-state index contributed by atoms with van der Waals surface area (Å²) in [5, 5.41) is 0. The molecule has 0 saturated heterocycles. The fourth-order valence-corrected chi connectivity index (χ4v) is 1.32. The summed E-state index contributed by atoms with van der Waals surface area (Å²) in [5.74, 6) is 5.48. The van der Waals surface area contributed by atoms with E-state index < -0.39 is 0 Å². The van der Waals surface area contributed by atoms with Gasteiger partial charge in [0.1, 0.15) is 0 Å². The van der Waals surface area contributed by atoms with E-state index in [2.05, 4.69) is 22.6 Å². The quantitative estimate of drug-likeness (QED) is 0.435. The number of nitrogens with two attached hydrogens (primary N) is 1. The molecule has 0 aliphatic heterocycles. The standard InChI is InChI=1S/C11H17N3/c1-8(2)4-11(14-12)10-5-9(3)6-13-7-10/h4-7,11,14H,12H2,1-3H3. The van der Waals surface area contributed by atoms with Crippen LogP contribution in [0, 0.1) is 6.92 Å². The summed E-state index contributed by atoms with van der Waals surface area (Å²) in [4.78, 5) is 4.14. The third kappa shape index (κ3) is 2.94. The summed E-state index contributed by atoms with van der Waals surface area (Å²) in [6.07, 6.45) is 5.74. The third-order valence-corrected chi connectivity index (χ3v) is 1.93. The number of aromatic nitrogens is 1. The minimum absolute atomic E-state index is 0.0485. The van der Waals surface area contributed by atoms with Crippen LogP contribution >= 0.6 is 0 Å². The second-order valence-electron chi connectivity index (χ2n) is 3.68. The first-order valence-electron chi connectivity index (χ1n) is 4.66. The van der Waals surface area contributed by atoms with Crippen molar-refractivity contribution in [2.75, 3.05) is 0 Å². The fraction of sp³-hybridized carbons (Fsp3) is 0.364. The second kappa shape index (κ2) is 4.88. The van der Waals surface area contributed by atoms with Crippen LogP contribution in [0.15, 0.2) is 30.1 Å². The highest BCUT2D eigenvalue weighted by atomic mass is 15.2. The topological polar surface area (TPSA) is 50.9 Å². The van der Waals surface area contributed by atoms with Crippen LogP contribution in [0.4, 0.5) is 0 Å². The molecule has 14 heavy (non-hydrogen) atoms. The lowest BCUT2D eigenvalue weighted by Gasteiger charge is -2.12. The van der Waals surface area contributed by atoms with E-state index in [0.717, 1.165) is 11.1 Å². The fourth-order valence-electron chi connectivity index (χ4n) is 1.32. The molecule has 0 saturated carbocycles. The predicted octanol–water partition coefficient (Wildman–Crippen LogP) is 1.86. The Kier molecular flexibility index (Phi) is 3.80. The van der Waals surface area contributed by atoms with Crippen LogP contribution in [0.25, 0.3) is 0 Å². The van der Waals surface area contributed by atoms with Gasteiger partial charge in [0.15, 0.2) is 0 Å². The summed E-state index contributed by atoms with van der Waals surface area (Å²) in [7, 11) is 0. The Balaban J connectivity index is 2.95. The Morgan fingerprint density at radius 2 is 2.21 bits per heavy atom. The average molecular weight is 191 g/mol. The number of nitrogens with zero attached hydrogens (tertiary/aromatic N) is 1. The molecule has 1 aromatic heterocycles. The zero-order chi connectivity index (χ0) is 10.6. The van der Waals surface area contributed by atoms with E-state index in [1.54, 1.807) is 0 Å². The van der Waals surface area contributed by atoms with Gasteiger partial charge in [-0.1, -0.05) is 17.7 Å². The normalized spacial score (nSPS) is 12.3. The SMILES string of the molecule is CC(C)=CC(NN)c1cncc(C)c1. The molecule has 3 N–H and O–H groups in total. The van der Waals surface area contributed by atoms with Crippen molar-refractivity contribution >= 4 is 0 Å². The zero-order valence-corrected chi connectivity index (χ0v) is 8.91. The van der Waals surface area contributed by atoms with Gasteiger partial charge in [-0.25, -0.2) is 5.43 Å². The Morgan fingerprint density at radius 3 is 2.71 bits per heavy atom. The second-order valence-corrected chi connectivity index (χ2v) is 3.68. The Bertz CT molecular complexity index is 327. The predicted molar refractivity (Wildman–Crippen MR) is 58.5 cm³/mol. The van der Waals surface area contributed by atoms with E-state index >= 15 is 0 Å². The first-order valence-corrected chi connectivity index (χ1v) is 4.66. The monoisotopic (exact) mass is 191 g/mol. The van der Waals surface area contributed by atoms with Crippen molar-refractivity contribution in [2.45, 2.75) is 26.8 Å². The number of aryl methyl sites for hydroxylation is 1. The number of hydrogen-bond acceptors (Lipinski definition) is 3. The number of hydrogen-bond donors (Lipinski definition) is 2. The molecule has 1 unspecified atom stereocenters. The lowest BCUT2D eigenvalue weighted by Crippen LogP contribution is -2.26. The van der Waals surface area contributed by atoms with Crippen molar-refractivity contribution in [3.8, 4) is 0 Å². The highest BCUT2D eigenvalue weighted by molar-refractivity contribution is 5.24. The Hall–Kier alpha value is -1.19. The molecule has 0 amide bonds.